The first-order valence-corrected chi connectivity index (χ1v) is 6.43. The Kier molecular flexibility index (Phi) is 5.07. The van der Waals surface area contributed by atoms with Gasteiger partial charge in [0.2, 0.25) is 0 Å². The minimum Gasteiger partial charge on any atom is -0.481 e. The average molecular weight is 279 g/mol. The largest absolute Gasteiger partial charge is 0.481 e. The highest BCUT2D eigenvalue weighted by molar-refractivity contribution is 5.90. The molecular formula is C14H21N3O3. The number of hydrogen-bond acceptors (Lipinski definition) is 3. The Bertz CT molecular complexity index is 495. The zero-order chi connectivity index (χ0) is 15.3. The molecule has 0 atom stereocenters. The lowest BCUT2D eigenvalue weighted by Crippen LogP contribution is -2.48. The number of nitrogens with one attached hydrogen (secondary N) is 1. The number of hydrogen-bond donors (Lipinski definition) is 2. The van der Waals surface area contributed by atoms with Gasteiger partial charge in [0, 0.05) is 18.3 Å². The summed E-state index contributed by atoms with van der Waals surface area (Å²) in [6.45, 7) is 7.62. The minimum absolute atomic E-state index is 0.0866. The van der Waals surface area contributed by atoms with Gasteiger partial charge in [-0.25, -0.2) is 4.79 Å². The van der Waals surface area contributed by atoms with Gasteiger partial charge in [0.25, 0.3) is 0 Å². The van der Waals surface area contributed by atoms with Crippen LogP contribution in [-0.2, 0) is 4.79 Å². The SMILES string of the molecule is Cc1ccncc1NC(=O)N(CCC(=O)O)C(C)(C)C. The second-order valence-corrected chi connectivity index (χ2v) is 5.59. The first kappa shape index (κ1) is 15.9. The van der Waals surface area contributed by atoms with E-state index in [1.807, 2.05) is 27.7 Å². The van der Waals surface area contributed by atoms with Crippen LogP contribution in [0.4, 0.5) is 10.5 Å². The summed E-state index contributed by atoms with van der Waals surface area (Å²) >= 11 is 0. The molecule has 0 saturated carbocycles. The van der Waals surface area contributed by atoms with Gasteiger partial charge < -0.3 is 15.3 Å². The van der Waals surface area contributed by atoms with Gasteiger partial charge in [-0.3, -0.25) is 9.78 Å². The van der Waals surface area contributed by atoms with Gasteiger partial charge in [-0.2, -0.15) is 0 Å². The third-order valence-electron chi connectivity index (χ3n) is 2.88. The quantitative estimate of drug-likeness (QED) is 0.887. The van der Waals surface area contributed by atoms with Crippen molar-refractivity contribution in [1.29, 1.82) is 0 Å². The number of carbonyl (C=O) groups excluding carboxylic acids is 1. The topological polar surface area (TPSA) is 82.5 Å². The normalized spacial score (nSPS) is 11.0. The summed E-state index contributed by atoms with van der Waals surface area (Å²) in [4.78, 5) is 28.5. The van der Waals surface area contributed by atoms with E-state index in [-0.39, 0.29) is 19.0 Å². The molecule has 0 aliphatic rings. The lowest BCUT2D eigenvalue weighted by atomic mass is 10.1. The lowest BCUT2D eigenvalue weighted by Gasteiger charge is -2.35. The van der Waals surface area contributed by atoms with Crippen LogP contribution in [0.25, 0.3) is 0 Å². The van der Waals surface area contributed by atoms with Crippen LogP contribution in [0.5, 0.6) is 0 Å². The number of carbonyl (C=O) groups is 2. The van der Waals surface area contributed by atoms with Gasteiger partial charge in [-0.05, 0) is 39.3 Å². The number of aliphatic carboxylic acids is 1. The number of aromatic nitrogens is 1. The Labute approximate surface area is 118 Å². The molecule has 20 heavy (non-hydrogen) atoms. The first-order valence-electron chi connectivity index (χ1n) is 6.43. The molecule has 0 spiro atoms. The van der Waals surface area contributed by atoms with Gasteiger partial charge in [-0.15, -0.1) is 0 Å². The summed E-state index contributed by atoms with van der Waals surface area (Å²) in [6, 6.07) is 1.48. The molecule has 1 heterocycles. The van der Waals surface area contributed by atoms with Crippen molar-refractivity contribution in [2.75, 3.05) is 11.9 Å². The number of rotatable bonds is 4. The van der Waals surface area contributed by atoms with E-state index in [1.165, 1.54) is 4.90 Å². The maximum absolute atomic E-state index is 12.3. The fraction of sp³-hybridized carbons (Fsp3) is 0.500. The maximum atomic E-state index is 12.3. The molecule has 1 rings (SSSR count). The number of aryl methyl sites for hydroxylation is 1. The van der Waals surface area contributed by atoms with E-state index in [9.17, 15) is 9.59 Å². The van der Waals surface area contributed by atoms with Crippen LogP contribution in [0.2, 0.25) is 0 Å². The number of anilines is 1. The molecule has 0 unspecified atom stereocenters. The van der Waals surface area contributed by atoms with E-state index in [0.29, 0.717) is 5.69 Å². The van der Waals surface area contributed by atoms with Crippen LogP contribution in [0, 0.1) is 6.92 Å². The molecule has 6 heteroatoms. The Morgan fingerprint density at radius 2 is 2.05 bits per heavy atom. The fourth-order valence-corrected chi connectivity index (χ4v) is 1.73. The van der Waals surface area contributed by atoms with Crippen LogP contribution < -0.4 is 5.32 Å². The van der Waals surface area contributed by atoms with Crippen LogP contribution >= 0.6 is 0 Å². The molecular weight excluding hydrogens is 258 g/mol. The third-order valence-corrected chi connectivity index (χ3v) is 2.88. The average Bonchev–Trinajstić information content (AvgIpc) is 2.30. The number of nitrogens with zero attached hydrogens (tertiary/aromatic N) is 2. The molecule has 0 bridgehead atoms. The predicted octanol–water partition coefficient (Wildman–Crippen LogP) is 2.50. The van der Waals surface area contributed by atoms with Crippen molar-refractivity contribution >= 4 is 17.7 Å². The summed E-state index contributed by atoms with van der Waals surface area (Å²) in [5.74, 6) is -0.926. The van der Waals surface area contributed by atoms with Crippen molar-refractivity contribution in [1.82, 2.24) is 9.88 Å². The highest BCUT2D eigenvalue weighted by Gasteiger charge is 2.27. The van der Waals surface area contributed by atoms with Crippen LogP contribution in [0.15, 0.2) is 18.5 Å². The van der Waals surface area contributed by atoms with Crippen molar-refractivity contribution < 1.29 is 14.7 Å². The van der Waals surface area contributed by atoms with Gasteiger partial charge >= 0.3 is 12.0 Å². The van der Waals surface area contributed by atoms with Crippen LogP contribution in [0.3, 0.4) is 0 Å². The van der Waals surface area contributed by atoms with Gasteiger partial charge in [0.1, 0.15) is 0 Å². The zero-order valence-electron chi connectivity index (χ0n) is 12.3. The highest BCUT2D eigenvalue weighted by Crippen LogP contribution is 2.18. The number of carboxylic acids is 1. The standard InChI is InChI=1S/C14H21N3O3/c1-10-5-7-15-9-11(10)16-13(20)17(14(2,3)4)8-6-12(18)19/h5,7,9H,6,8H2,1-4H3,(H,16,20)(H,18,19). The maximum Gasteiger partial charge on any atom is 0.322 e. The Balaban J connectivity index is 2.83. The summed E-state index contributed by atoms with van der Waals surface area (Å²) in [7, 11) is 0. The van der Waals surface area contributed by atoms with Gasteiger partial charge in [-0.1, -0.05) is 0 Å². The predicted molar refractivity (Wildman–Crippen MR) is 76.7 cm³/mol. The third kappa shape index (κ3) is 4.53. The Morgan fingerprint density at radius 1 is 1.40 bits per heavy atom. The van der Waals surface area contributed by atoms with Gasteiger partial charge in [0.05, 0.1) is 18.3 Å². The van der Waals surface area contributed by atoms with E-state index in [1.54, 1.807) is 18.5 Å². The molecule has 0 aliphatic heterocycles. The number of carboxylic acid groups (broad SMARTS) is 1. The first-order chi connectivity index (χ1) is 9.21. The lowest BCUT2D eigenvalue weighted by molar-refractivity contribution is -0.137. The molecule has 0 aromatic carbocycles. The highest BCUT2D eigenvalue weighted by atomic mass is 16.4. The fourth-order valence-electron chi connectivity index (χ4n) is 1.73. The number of amides is 2. The van der Waals surface area contributed by atoms with Gasteiger partial charge in [0.15, 0.2) is 0 Å². The molecule has 1 aromatic rings. The number of pyridine rings is 1. The molecule has 6 nitrogen and oxygen atoms in total. The van der Waals surface area contributed by atoms with Crippen molar-refractivity contribution in [2.45, 2.75) is 39.7 Å². The summed E-state index contributed by atoms with van der Waals surface area (Å²) in [5.41, 5.74) is 1.07. The molecule has 2 N–H and O–H groups in total. The van der Waals surface area contributed by atoms with E-state index >= 15 is 0 Å². The minimum atomic E-state index is -0.926. The van der Waals surface area contributed by atoms with Crippen LogP contribution in [-0.4, -0.2) is 39.1 Å². The molecule has 0 saturated heterocycles. The second kappa shape index (κ2) is 6.36. The molecule has 2 amide bonds. The monoisotopic (exact) mass is 279 g/mol. The van der Waals surface area contributed by atoms with Crippen LogP contribution in [0.1, 0.15) is 32.8 Å². The van der Waals surface area contributed by atoms with E-state index in [0.717, 1.165) is 5.56 Å². The Morgan fingerprint density at radius 3 is 2.55 bits per heavy atom. The molecule has 110 valence electrons. The van der Waals surface area contributed by atoms with Crippen molar-refractivity contribution in [3.05, 3.63) is 24.0 Å². The number of urea groups is 1. The second-order valence-electron chi connectivity index (χ2n) is 5.59. The summed E-state index contributed by atoms with van der Waals surface area (Å²) in [5, 5.41) is 11.5. The Hall–Kier alpha value is -2.11. The summed E-state index contributed by atoms with van der Waals surface area (Å²) in [6.07, 6.45) is 3.14. The molecule has 0 aliphatic carbocycles. The van der Waals surface area contributed by atoms with E-state index in [2.05, 4.69) is 10.3 Å². The molecule has 0 fully saturated rings. The zero-order valence-corrected chi connectivity index (χ0v) is 12.3. The van der Waals surface area contributed by atoms with E-state index < -0.39 is 11.5 Å². The van der Waals surface area contributed by atoms with Crippen molar-refractivity contribution in [2.24, 2.45) is 0 Å². The van der Waals surface area contributed by atoms with E-state index in [4.69, 9.17) is 5.11 Å². The molecule has 0 radical (unpaired) electrons. The smallest absolute Gasteiger partial charge is 0.322 e. The molecule has 1 aromatic heterocycles. The summed E-state index contributed by atoms with van der Waals surface area (Å²) < 4.78 is 0. The van der Waals surface area contributed by atoms with Crippen molar-refractivity contribution in [3.63, 3.8) is 0 Å². The van der Waals surface area contributed by atoms with Crippen molar-refractivity contribution in [3.8, 4) is 0 Å².